The third-order valence-corrected chi connectivity index (χ3v) is 6.88. The largest absolute Gasteiger partial charge is 0.361 e. The van der Waals surface area contributed by atoms with E-state index in [0.717, 1.165) is 31.2 Å². The number of aryl methyl sites for hydroxylation is 1. The molecule has 0 aliphatic heterocycles. The molecule has 2 aliphatic carbocycles. The first-order valence-corrected chi connectivity index (χ1v) is 11.0. The molecule has 0 radical (unpaired) electrons. The summed E-state index contributed by atoms with van der Waals surface area (Å²) in [5.41, 5.74) is 1.14. The van der Waals surface area contributed by atoms with Crippen molar-refractivity contribution in [2.24, 2.45) is 11.8 Å². The number of benzene rings is 1. The summed E-state index contributed by atoms with van der Waals surface area (Å²) in [6.07, 6.45) is 15.6. The molecule has 2 atom stereocenters. The van der Waals surface area contributed by atoms with E-state index in [1.807, 2.05) is 31.2 Å². The van der Waals surface area contributed by atoms with Gasteiger partial charge in [-0.15, -0.1) is 0 Å². The van der Waals surface area contributed by atoms with Gasteiger partial charge in [0.05, 0.1) is 18.5 Å². The van der Waals surface area contributed by atoms with E-state index in [1.54, 1.807) is 0 Å². The number of hydrogen-bond donors (Lipinski definition) is 0. The summed E-state index contributed by atoms with van der Waals surface area (Å²) in [5.74, 6) is 0.677. The van der Waals surface area contributed by atoms with Gasteiger partial charge in [0.15, 0.2) is 0 Å². The lowest BCUT2D eigenvalue weighted by Gasteiger charge is -2.24. The van der Waals surface area contributed by atoms with Gasteiger partial charge in [-0.25, -0.2) is 0 Å². The van der Waals surface area contributed by atoms with Crippen molar-refractivity contribution in [2.75, 3.05) is 13.2 Å². The molecule has 3 nitrogen and oxygen atoms in total. The molecule has 0 saturated carbocycles. The third-order valence-electron chi connectivity index (χ3n) is 4.98. The van der Waals surface area contributed by atoms with E-state index in [1.165, 1.54) is 12.8 Å². The molecule has 3 rings (SSSR count). The maximum absolute atomic E-state index is 13.5. The Hall–Kier alpha value is -1.15. The van der Waals surface area contributed by atoms with Crippen LogP contribution in [0.3, 0.4) is 0 Å². The molecule has 0 saturated heterocycles. The molecule has 136 valence electrons. The van der Waals surface area contributed by atoms with Crippen LogP contribution in [0, 0.1) is 18.8 Å². The molecule has 0 spiro atoms. The molecule has 0 bridgehead atoms. The predicted molar refractivity (Wildman–Crippen MR) is 103 cm³/mol. The van der Waals surface area contributed by atoms with Crippen LogP contribution in [0.5, 0.6) is 0 Å². The molecule has 0 aromatic heterocycles. The Morgan fingerprint density at radius 3 is 1.88 bits per heavy atom. The van der Waals surface area contributed by atoms with Crippen LogP contribution in [0.15, 0.2) is 48.6 Å². The van der Waals surface area contributed by atoms with Crippen LogP contribution in [0.2, 0.25) is 0 Å². The van der Waals surface area contributed by atoms with E-state index in [0.29, 0.717) is 30.4 Å². The smallest absolute Gasteiger partial charge is 0.305 e. The number of allylic oxidation sites excluding steroid dienone is 2. The van der Waals surface area contributed by atoms with Crippen molar-refractivity contribution in [3.8, 4) is 0 Å². The summed E-state index contributed by atoms with van der Waals surface area (Å²) >= 11 is 0. The fourth-order valence-electron chi connectivity index (χ4n) is 3.34. The van der Waals surface area contributed by atoms with Gasteiger partial charge >= 0.3 is 7.60 Å². The van der Waals surface area contributed by atoms with Gasteiger partial charge in [0.25, 0.3) is 0 Å². The average molecular weight is 360 g/mol. The summed E-state index contributed by atoms with van der Waals surface area (Å²) in [6, 6.07) is 7.69. The monoisotopic (exact) mass is 360 g/mol. The van der Waals surface area contributed by atoms with Gasteiger partial charge in [0.2, 0.25) is 0 Å². The van der Waals surface area contributed by atoms with Gasteiger partial charge in [0.1, 0.15) is 0 Å². The first kappa shape index (κ1) is 18.6. The van der Waals surface area contributed by atoms with Crippen LogP contribution in [-0.2, 0) is 13.6 Å². The van der Waals surface area contributed by atoms with Gasteiger partial charge in [-0.05, 0) is 57.6 Å². The molecule has 1 aromatic carbocycles. The Morgan fingerprint density at radius 2 is 1.44 bits per heavy atom. The molecule has 0 heterocycles. The maximum Gasteiger partial charge on any atom is 0.361 e. The predicted octanol–water partition coefficient (Wildman–Crippen LogP) is 5.56. The topological polar surface area (TPSA) is 35.5 Å². The first-order valence-electron chi connectivity index (χ1n) is 9.45. The van der Waals surface area contributed by atoms with Crippen molar-refractivity contribution in [1.82, 2.24) is 0 Å². The van der Waals surface area contributed by atoms with Gasteiger partial charge in [0, 0.05) is 11.8 Å². The second kappa shape index (κ2) is 8.98. The standard InChI is InChI=1S/C21H29O3P/c1-18-12-14-21(15-13-18)25(22,23-16-19-8-4-2-5-9-19)24-17-20-10-6-3-7-11-20/h4,6,8,10,12-15,19-20H,2-3,5,7,9,11,16-17H2,1H3. The minimum atomic E-state index is -3.29. The zero-order chi connectivity index (χ0) is 17.5. The fraction of sp³-hybridized carbons (Fsp3) is 0.524. The molecular weight excluding hydrogens is 331 g/mol. The van der Waals surface area contributed by atoms with Gasteiger partial charge in [-0.1, -0.05) is 42.0 Å². The van der Waals surface area contributed by atoms with Crippen LogP contribution < -0.4 is 5.30 Å². The van der Waals surface area contributed by atoms with Crippen molar-refractivity contribution in [1.29, 1.82) is 0 Å². The van der Waals surface area contributed by atoms with Crippen molar-refractivity contribution in [2.45, 2.75) is 45.4 Å². The summed E-state index contributed by atoms with van der Waals surface area (Å²) < 4.78 is 25.4. The highest BCUT2D eigenvalue weighted by molar-refractivity contribution is 7.62. The summed E-state index contributed by atoms with van der Waals surface area (Å²) in [6.45, 7) is 2.94. The molecular formula is C21H29O3P. The first-order chi connectivity index (χ1) is 12.2. The average Bonchev–Trinajstić information content (AvgIpc) is 2.67. The molecule has 0 fully saturated rings. The molecule has 4 heteroatoms. The minimum Gasteiger partial charge on any atom is -0.305 e. The molecule has 2 unspecified atom stereocenters. The van der Waals surface area contributed by atoms with Gasteiger partial charge in [-0.3, -0.25) is 4.57 Å². The van der Waals surface area contributed by atoms with Crippen molar-refractivity contribution < 1.29 is 13.6 Å². The molecule has 25 heavy (non-hydrogen) atoms. The molecule has 1 aromatic rings. The normalized spacial score (nSPS) is 25.6. The lowest BCUT2D eigenvalue weighted by atomic mass is 9.97. The van der Waals surface area contributed by atoms with Crippen LogP contribution in [0.1, 0.15) is 44.1 Å². The maximum atomic E-state index is 13.5. The Morgan fingerprint density at radius 1 is 0.920 bits per heavy atom. The highest BCUT2D eigenvalue weighted by atomic mass is 31.2. The van der Waals surface area contributed by atoms with Crippen molar-refractivity contribution in [3.05, 3.63) is 54.1 Å². The third kappa shape index (κ3) is 5.41. The number of rotatable bonds is 7. The fourth-order valence-corrected chi connectivity index (χ4v) is 5.01. The van der Waals surface area contributed by atoms with E-state index in [9.17, 15) is 4.57 Å². The van der Waals surface area contributed by atoms with E-state index >= 15 is 0 Å². The lowest BCUT2D eigenvalue weighted by Crippen LogP contribution is -2.18. The van der Waals surface area contributed by atoms with Crippen LogP contribution in [0.25, 0.3) is 0 Å². The highest BCUT2D eigenvalue weighted by Crippen LogP contribution is 2.48. The van der Waals surface area contributed by atoms with Crippen molar-refractivity contribution in [3.63, 3.8) is 0 Å². The molecule has 0 N–H and O–H groups in total. The van der Waals surface area contributed by atoms with Crippen LogP contribution >= 0.6 is 7.60 Å². The van der Waals surface area contributed by atoms with Crippen LogP contribution in [-0.4, -0.2) is 13.2 Å². The Labute approximate surface area is 151 Å². The van der Waals surface area contributed by atoms with Gasteiger partial charge in [-0.2, -0.15) is 0 Å². The van der Waals surface area contributed by atoms with E-state index in [-0.39, 0.29) is 0 Å². The van der Waals surface area contributed by atoms with E-state index in [2.05, 4.69) is 24.3 Å². The zero-order valence-corrected chi connectivity index (χ0v) is 16.0. The van der Waals surface area contributed by atoms with E-state index < -0.39 is 7.60 Å². The second-order valence-electron chi connectivity index (χ2n) is 7.16. The SMILES string of the molecule is Cc1ccc(P(=O)(OCC2C=CCCC2)OCC2C=CCCC2)cc1. The summed E-state index contributed by atoms with van der Waals surface area (Å²) in [5, 5.41) is 0.665. The molecule has 0 amide bonds. The lowest BCUT2D eigenvalue weighted by molar-refractivity contribution is 0.177. The minimum absolute atomic E-state index is 0.339. The Kier molecular flexibility index (Phi) is 6.70. The Balaban J connectivity index is 1.69. The van der Waals surface area contributed by atoms with Crippen LogP contribution in [0.4, 0.5) is 0 Å². The summed E-state index contributed by atoms with van der Waals surface area (Å²) in [4.78, 5) is 0. The Bertz CT molecular complexity index is 616. The molecule has 2 aliphatic rings. The summed E-state index contributed by atoms with van der Waals surface area (Å²) in [7, 11) is -3.29. The highest BCUT2D eigenvalue weighted by Gasteiger charge is 2.30. The zero-order valence-electron chi connectivity index (χ0n) is 15.1. The quantitative estimate of drug-likeness (QED) is 0.472. The van der Waals surface area contributed by atoms with E-state index in [4.69, 9.17) is 9.05 Å². The number of hydrogen-bond acceptors (Lipinski definition) is 3. The van der Waals surface area contributed by atoms with Gasteiger partial charge < -0.3 is 9.05 Å². The van der Waals surface area contributed by atoms with Crippen molar-refractivity contribution >= 4 is 12.9 Å². The second-order valence-corrected chi connectivity index (χ2v) is 9.19.